The van der Waals surface area contributed by atoms with Crippen molar-refractivity contribution in [2.75, 3.05) is 0 Å². The van der Waals surface area contributed by atoms with Crippen LogP contribution in [0.25, 0.3) is 11.3 Å². The Kier molecular flexibility index (Phi) is 8.21. The van der Waals surface area contributed by atoms with Crippen LogP contribution in [0.3, 0.4) is 0 Å². The Morgan fingerprint density at radius 3 is 2.20 bits per heavy atom. The summed E-state index contributed by atoms with van der Waals surface area (Å²) in [6.07, 6.45) is 1.79. The van der Waals surface area contributed by atoms with Gasteiger partial charge in [-0.3, -0.25) is 4.79 Å². The second-order valence-corrected chi connectivity index (χ2v) is 12.0. The van der Waals surface area contributed by atoms with Gasteiger partial charge in [0.2, 0.25) is 6.71 Å². The van der Waals surface area contributed by atoms with Gasteiger partial charge >= 0.3 is 0 Å². The summed E-state index contributed by atoms with van der Waals surface area (Å²) < 4.78 is 20.1. The zero-order chi connectivity index (χ0) is 29.5. The molecule has 0 saturated heterocycles. The minimum atomic E-state index is -0.615. The topological polar surface area (TPSA) is 68.7 Å². The molecule has 3 heterocycles. The Balaban J connectivity index is 0.000000234. The smallest absolute Gasteiger partial charge is 0.241 e. The third-order valence-electron chi connectivity index (χ3n) is 6.81. The van der Waals surface area contributed by atoms with Crippen LogP contribution in [0.2, 0.25) is 0 Å². The predicted octanol–water partition coefficient (Wildman–Crippen LogP) is 6.36. The van der Waals surface area contributed by atoms with Crippen LogP contribution in [0, 0.1) is 16.9 Å². The number of carbonyl (C=O) groups excluding carboxylic acids is 1. The number of fused-ring (bicyclic) bond motifs is 4. The monoisotopic (exact) mass is 724 g/mol. The number of ether oxygens (including phenoxy) is 2. The van der Waals surface area contributed by atoms with Gasteiger partial charge in [0.05, 0.1) is 1.37 Å². The number of pyridine rings is 1. The van der Waals surface area contributed by atoms with E-state index >= 15 is 0 Å². The summed E-state index contributed by atoms with van der Waals surface area (Å²) in [7, 11) is 0. The van der Waals surface area contributed by atoms with Crippen molar-refractivity contribution < 1.29 is 40.9 Å². The number of aliphatic hydroxyl groups excluding tert-OH is 1. The molecule has 0 fully saturated rings. The molecule has 0 atom stereocenters. The van der Waals surface area contributed by atoms with E-state index in [0.29, 0.717) is 0 Å². The Bertz CT molecular complexity index is 1660. The minimum Gasteiger partial charge on any atom is -0.512 e. The number of hydrogen-bond donors (Lipinski definition) is 1. The molecule has 41 heavy (non-hydrogen) atoms. The fourth-order valence-electron chi connectivity index (χ4n) is 4.53. The van der Waals surface area contributed by atoms with Crippen molar-refractivity contribution in [3.05, 3.63) is 96.9 Å². The van der Waals surface area contributed by atoms with Gasteiger partial charge in [-0.2, -0.15) is 0 Å². The maximum atomic E-state index is 11.6. The van der Waals surface area contributed by atoms with E-state index in [9.17, 15) is 9.90 Å². The predicted molar refractivity (Wildman–Crippen MR) is 161 cm³/mol. The van der Waals surface area contributed by atoms with E-state index in [-0.39, 0.29) is 44.4 Å². The molecular formula is C34H33BIrNO4-. The summed E-state index contributed by atoms with van der Waals surface area (Å²) in [6.45, 7) is 10.6. The molecule has 6 rings (SSSR count). The van der Waals surface area contributed by atoms with Crippen molar-refractivity contribution in [2.45, 2.75) is 41.5 Å². The van der Waals surface area contributed by atoms with Gasteiger partial charge in [-0.15, -0.1) is 23.7 Å². The molecular weight excluding hydrogens is 689 g/mol. The van der Waals surface area contributed by atoms with Crippen molar-refractivity contribution in [1.82, 2.24) is 4.98 Å². The average molecular weight is 724 g/mol. The molecule has 1 aromatic heterocycles. The molecule has 4 aromatic rings. The fourth-order valence-corrected chi connectivity index (χ4v) is 4.53. The van der Waals surface area contributed by atoms with Gasteiger partial charge in [-0.05, 0) is 35.4 Å². The Labute approximate surface area is 257 Å². The van der Waals surface area contributed by atoms with Gasteiger partial charge in [0, 0.05) is 54.4 Å². The van der Waals surface area contributed by atoms with Crippen molar-refractivity contribution in [3.63, 3.8) is 0 Å². The Hall–Kier alpha value is -3.67. The Morgan fingerprint density at radius 1 is 0.878 bits per heavy atom. The number of nitrogens with zero attached hydrogens (tertiary/aromatic N) is 1. The fraction of sp³-hybridized carbons (Fsp3) is 0.235. The normalized spacial score (nSPS) is 13.7. The van der Waals surface area contributed by atoms with Crippen LogP contribution < -0.4 is 25.9 Å². The zero-order valence-electron chi connectivity index (χ0n) is 25.0. The van der Waals surface area contributed by atoms with Crippen LogP contribution in [0.4, 0.5) is 0 Å². The van der Waals surface area contributed by atoms with Crippen LogP contribution in [-0.2, 0) is 24.9 Å². The second kappa shape index (κ2) is 11.7. The summed E-state index contributed by atoms with van der Waals surface area (Å²) in [5, 5.41) is 9.66. The van der Waals surface area contributed by atoms with E-state index in [1.807, 2.05) is 54.6 Å². The van der Waals surface area contributed by atoms with Gasteiger partial charge in [0.15, 0.2) is 5.78 Å². The number of carbonyl (C=O) groups is 1. The third-order valence-corrected chi connectivity index (χ3v) is 6.81. The summed E-state index contributed by atoms with van der Waals surface area (Å²) >= 11 is 0. The molecule has 2 aliphatic rings. The third kappa shape index (κ3) is 6.17. The van der Waals surface area contributed by atoms with Gasteiger partial charge < -0.3 is 19.6 Å². The van der Waals surface area contributed by atoms with Crippen LogP contribution in [-0.4, -0.2) is 22.6 Å². The number of allylic oxidation sites excluding steroid dienone is 2. The van der Waals surface area contributed by atoms with Crippen LogP contribution >= 0.6 is 0 Å². The second-order valence-electron chi connectivity index (χ2n) is 12.0. The molecule has 5 nitrogen and oxygen atoms in total. The van der Waals surface area contributed by atoms with E-state index in [2.05, 4.69) is 29.2 Å². The van der Waals surface area contributed by atoms with E-state index in [1.165, 1.54) is 0 Å². The van der Waals surface area contributed by atoms with Crippen molar-refractivity contribution in [3.8, 4) is 34.3 Å². The number of aromatic nitrogens is 1. The SMILES string of the molecule is [2H]/C(C(=O)C(C)(C)C)=C(/O)C(C)(C)C.[Ir].[c-]1ccc2c(c1-c1ccccn1)Oc1cccc3c1B2c1ccccc1O3. The number of ketones is 1. The quantitative estimate of drug-likeness (QED) is 0.0976. The maximum absolute atomic E-state index is 11.6. The van der Waals surface area contributed by atoms with E-state index < -0.39 is 10.8 Å². The van der Waals surface area contributed by atoms with E-state index in [0.717, 1.165) is 50.6 Å². The number of hydrogen-bond acceptors (Lipinski definition) is 5. The summed E-state index contributed by atoms with van der Waals surface area (Å²) in [5.74, 6) is 2.93. The van der Waals surface area contributed by atoms with Crippen molar-refractivity contribution >= 4 is 28.9 Å². The number of rotatable bonds is 2. The van der Waals surface area contributed by atoms with Gasteiger partial charge in [0.25, 0.3) is 0 Å². The first kappa shape index (κ1) is 28.8. The van der Waals surface area contributed by atoms with Crippen LogP contribution in [0.5, 0.6) is 23.0 Å². The molecule has 0 amide bonds. The molecule has 1 radical (unpaired) electrons. The average Bonchev–Trinajstić information content (AvgIpc) is 2.95. The molecule has 2 aliphatic heterocycles. The number of aliphatic hydroxyl groups is 1. The summed E-state index contributed by atoms with van der Waals surface area (Å²) in [5.41, 5.74) is 3.93. The van der Waals surface area contributed by atoms with Gasteiger partial charge in [0.1, 0.15) is 23.0 Å². The first-order valence-electron chi connectivity index (χ1n) is 13.9. The molecule has 7 heteroatoms. The first-order chi connectivity index (χ1) is 19.4. The molecule has 3 aromatic carbocycles. The number of benzene rings is 3. The zero-order valence-corrected chi connectivity index (χ0v) is 26.4. The van der Waals surface area contributed by atoms with Crippen LogP contribution in [0.1, 0.15) is 42.9 Å². The van der Waals surface area contributed by atoms with Gasteiger partial charge in [-0.1, -0.05) is 83.5 Å². The van der Waals surface area contributed by atoms with Crippen molar-refractivity contribution in [1.29, 1.82) is 0 Å². The Morgan fingerprint density at radius 2 is 1.54 bits per heavy atom. The molecule has 0 aliphatic carbocycles. The molecule has 0 spiro atoms. The standard InChI is InChI=1S/C23H13BNO2.C11H20O2.Ir/c1-2-11-19-16(8-1)24-17-9-5-7-15(18-10-3-4-14-25-18)23(17)27-21-13-6-12-20(26-19)22(21)24;1-10(2,3)8(12)7-9(13)11(4,5)6;/h1-6,8-14H;7,12H,1-6H3;/q-1;;/b;8-7-;/i;7D;. The summed E-state index contributed by atoms with van der Waals surface area (Å²) in [4.78, 5) is 16.2. The molecule has 0 unspecified atom stereocenters. The minimum absolute atomic E-state index is 0. The molecule has 1 N–H and O–H groups in total. The van der Waals surface area contributed by atoms with E-state index in [4.69, 9.17) is 10.8 Å². The summed E-state index contributed by atoms with van der Waals surface area (Å²) in [6, 6.07) is 27.2. The molecule has 0 bridgehead atoms. The first-order valence-corrected chi connectivity index (χ1v) is 13.4. The molecule has 211 valence electrons. The van der Waals surface area contributed by atoms with Crippen LogP contribution in [0.15, 0.2) is 90.8 Å². The van der Waals surface area contributed by atoms with Gasteiger partial charge in [-0.25, -0.2) is 0 Å². The maximum Gasteiger partial charge on any atom is 0.241 e. The molecule has 0 saturated carbocycles. The van der Waals surface area contributed by atoms with E-state index in [1.54, 1.807) is 47.7 Å². The largest absolute Gasteiger partial charge is 0.512 e. The van der Waals surface area contributed by atoms with Crippen molar-refractivity contribution in [2.24, 2.45) is 10.8 Å². The number of para-hydroxylation sites is 1.